The van der Waals surface area contributed by atoms with Gasteiger partial charge >= 0.3 is 0 Å². The molecule has 5 aromatic rings. The summed E-state index contributed by atoms with van der Waals surface area (Å²) < 4.78 is 16.0. The van der Waals surface area contributed by atoms with Gasteiger partial charge in [0.05, 0.1) is 0 Å². The van der Waals surface area contributed by atoms with Crippen LogP contribution < -0.4 is 0 Å². The van der Waals surface area contributed by atoms with Gasteiger partial charge in [-0.15, -0.1) is 11.3 Å². The first-order valence-corrected chi connectivity index (χ1v) is 8.87. The fraction of sp³-hybridized carbons (Fsp3) is 0.0909. The molecule has 4 aromatic carbocycles. The third-order valence-electron chi connectivity index (χ3n) is 4.96. The molecule has 1 heterocycles. The minimum absolute atomic E-state index is 0.181. The Bertz CT molecular complexity index is 1280. The minimum atomic E-state index is -0.181. The van der Waals surface area contributed by atoms with Gasteiger partial charge in [0.25, 0.3) is 0 Å². The van der Waals surface area contributed by atoms with Gasteiger partial charge in [-0.2, -0.15) is 0 Å². The lowest BCUT2D eigenvalue weighted by Crippen LogP contribution is -1.81. The first-order valence-electron chi connectivity index (χ1n) is 8.05. The maximum atomic E-state index is 13.5. The predicted octanol–water partition coefficient (Wildman–Crippen LogP) is 7.12. The lowest BCUT2D eigenvalue weighted by Gasteiger charge is -2.04. The standard InChI is InChI=1S/C22H15FS/c1-12-5-15-9-20-19-8-14-3-4-18(23)7-17(14)11-22(19)24-21(20)10-16(15)6-13(12)2/h3-11H,1-2H3. The van der Waals surface area contributed by atoms with Crippen LogP contribution in [0.15, 0.2) is 54.6 Å². The summed E-state index contributed by atoms with van der Waals surface area (Å²) in [6.07, 6.45) is 0. The average Bonchev–Trinajstić information content (AvgIpc) is 2.88. The number of benzene rings is 4. The SMILES string of the molecule is Cc1cc2cc3sc4cc5cc(F)ccc5cc4c3cc2cc1C. The van der Waals surface area contributed by atoms with Gasteiger partial charge in [0.1, 0.15) is 5.82 Å². The second-order valence-corrected chi connectivity index (χ2v) is 7.66. The van der Waals surface area contributed by atoms with Gasteiger partial charge in [-0.1, -0.05) is 18.2 Å². The highest BCUT2D eigenvalue weighted by molar-refractivity contribution is 7.26. The largest absolute Gasteiger partial charge is 0.207 e. The monoisotopic (exact) mass is 330 g/mol. The van der Waals surface area contributed by atoms with Crippen molar-refractivity contribution in [2.24, 2.45) is 0 Å². The van der Waals surface area contributed by atoms with Gasteiger partial charge in [0, 0.05) is 20.2 Å². The third kappa shape index (κ3) is 1.96. The van der Waals surface area contributed by atoms with E-state index >= 15 is 0 Å². The van der Waals surface area contributed by atoms with Crippen LogP contribution in [0.2, 0.25) is 0 Å². The van der Waals surface area contributed by atoms with Crippen molar-refractivity contribution in [2.75, 3.05) is 0 Å². The van der Waals surface area contributed by atoms with Crippen molar-refractivity contribution in [2.45, 2.75) is 13.8 Å². The number of thiophene rings is 1. The number of fused-ring (bicyclic) bond motifs is 5. The van der Waals surface area contributed by atoms with E-state index in [-0.39, 0.29) is 5.82 Å². The fourth-order valence-corrected chi connectivity index (χ4v) is 4.68. The predicted molar refractivity (Wildman–Crippen MR) is 104 cm³/mol. The summed E-state index contributed by atoms with van der Waals surface area (Å²) in [5, 5.41) is 7.16. The van der Waals surface area contributed by atoms with E-state index in [1.165, 1.54) is 48.1 Å². The van der Waals surface area contributed by atoms with Crippen LogP contribution in [-0.2, 0) is 0 Å². The van der Waals surface area contributed by atoms with Crippen LogP contribution in [0.5, 0.6) is 0 Å². The molecule has 0 aliphatic heterocycles. The van der Waals surface area contributed by atoms with Crippen molar-refractivity contribution in [1.29, 1.82) is 0 Å². The molecule has 0 aliphatic carbocycles. The normalized spacial score (nSPS) is 12.0. The summed E-state index contributed by atoms with van der Waals surface area (Å²) in [5.41, 5.74) is 2.64. The number of hydrogen-bond donors (Lipinski definition) is 0. The zero-order valence-corrected chi connectivity index (χ0v) is 14.3. The third-order valence-corrected chi connectivity index (χ3v) is 6.08. The quantitative estimate of drug-likeness (QED) is 0.283. The zero-order chi connectivity index (χ0) is 16.4. The van der Waals surface area contributed by atoms with Crippen molar-refractivity contribution in [1.82, 2.24) is 0 Å². The molecule has 116 valence electrons. The molecule has 24 heavy (non-hydrogen) atoms. The molecule has 0 radical (unpaired) electrons. The maximum Gasteiger partial charge on any atom is 0.123 e. The molecule has 0 spiro atoms. The van der Waals surface area contributed by atoms with Gasteiger partial charge in [-0.25, -0.2) is 4.39 Å². The summed E-state index contributed by atoms with van der Waals surface area (Å²) >= 11 is 1.78. The second-order valence-electron chi connectivity index (χ2n) is 6.57. The van der Waals surface area contributed by atoms with Crippen molar-refractivity contribution in [3.63, 3.8) is 0 Å². The Hall–Kier alpha value is -2.45. The highest BCUT2D eigenvalue weighted by atomic mass is 32.1. The Labute approximate surface area is 143 Å². The molecule has 2 heteroatoms. The van der Waals surface area contributed by atoms with Crippen LogP contribution in [0.3, 0.4) is 0 Å². The molecule has 0 unspecified atom stereocenters. The molecule has 0 fully saturated rings. The summed E-state index contributed by atoms with van der Waals surface area (Å²) in [5.74, 6) is -0.181. The fourth-order valence-electron chi connectivity index (χ4n) is 3.51. The zero-order valence-electron chi connectivity index (χ0n) is 13.5. The molecule has 5 rings (SSSR count). The highest BCUT2D eigenvalue weighted by Crippen LogP contribution is 2.39. The van der Waals surface area contributed by atoms with Crippen LogP contribution >= 0.6 is 11.3 Å². The number of halogens is 1. The Kier molecular flexibility index (Phi) is 2.77. The maximum absolute atomic E-state index is 13.5. The second kappa shape index (κ2) is 4.78. The van der Waals surface area contributed by atoms with E-state index < -0.39 is 0 Å². The van der Waals surface area contributed by atoms with Gasteiger partial charge < -0.3 is 0 Å². The summed E-state index contributed by atoms with van der Waals surface area (Å²) in [7, 11) is 0. The highest BCUT2D eigenvalue weighted by Gasteiger charge is 2.09. The van der Waals surface area contributed by atoms with E-state index in [0.717, 1.165) is 10.8 Å². The van der Waals surface area contributed by atoms with E-state index in [1.807, 2.05) is 6.07 Å². The van der Waals surface area contributed by atoms with Gasteiger partial charge in [-0.3, -0.25) is 0 Å². The van der Waals surface area contributed by atoms with Crippen LogP contribution in [0.25, 0.3) is 41.7 Å². The Balaban J connectivity index is 1.93. The van der Waals surface area contributed by atoms with E-state index in [9.17, 15) is 4.39 Å². The lowest BCUT2D eigenvalue weighted by molar-refractivity contribution is 0.630. The van der Waals surface area contributed by atoms with Crippen molar-refractivity contribution < 1.29 is 4.39 Å². The molecule has 0 amide bonds. The Morgan fingerprint density at radius 2 is 1.17 bits per heavy atom. The number of rotatable bonds is 0. The van der Waals surface area contributed by atoms with E-state index in [1.54, 1.807) is 17.4 Å². The van der Waals surface area contributed by atoms with Crippen LogP contribution in [0, 0.1) is 19.7 Å². The van der Waals surface area contributed by atoms with E-state index in [4.69, 9.17) is 0 Å². The topological polar surface area (TPSA) is 0 Å². The number of aryl methyl sites for hydroxylation is 2. The average molecular weight is 330 g/mol. The van der Waals surface area contributed by atoms with Crippen LogP contribution in [-0.4, -0.2) is 0 Å². The first kappa shape index (κ1) is 13.9. The summed E-state index contributed by atoms with van der Waals surface area (Å²) in [4.78, 5) is 0. The molecule has 0 saturated heterocycles. The minimum Gasteiger partial charge on any atom is -0.207 e. The van der Waals surface area contributed by atoms with E-state index in [0.29, 0.717) is 0 Å². The molecular formula is C22H15FS. The molecule has 1 aromatic heterocycles. The van der Waals surface area contributed by atoms with Gasteiger partial charge in [0.15, 0.2) is 0 Å². The van der Waals surface area contributed by atoms with Crippen molar-refractivity contribution in [3.8, 4) is 0 Å². The van der Waals surface area contributed by atoms with E-state index in [2.05, 4.69) is 50.2 Å². The van der Waals surface area contributed by atoms with Crippen LogP contribution in [0.1, 0.15) is 11.1 Å². The summed E-state index contributed by atoms with van der Waals surface area (Å²) in [6.45, 7) is 4.32. The Morgan fingerprint density at radius 1 is 0.625 bits per heavy atom. The molecular weight excluding hydrogens is 315 g/mol. The van der Waals surface area contributed by atoms with Crippen molar-refractivity contribution >= 4 is 53.1 Å². The summed E-state index contributed by atoms with van der Waals surface area (Å²) in [6, 6.07) is 18.4. The molecule has 0 saturated carbocycles. The van der Waals surface area contributed by atoms with Gasteiger partial charge in [0.2, 0.25) is 0 Å². The molecule has 0 bridgehead atoms. The first-order chi connectivity index (χ1) is 11.6. The van der Waals surface area contributed by atoms with Crippen LogP contribution in [0.4, 0.5) is 4.39 Å². The lowest BCUT2D eigenvalue weighted by atomic mass is 10.00. The van der Waals surface area contributed by atoms with Gasteiger partial charge in [-0.05, 0) is 82.9 Å². The van der Waals surface area contributed by atoms with Crippen molar-refractivity contribution in [3.05, 3.63) is 71.5 Å². The molecule has 0 nitrogen and oxygen atoms in total. The number of hydrogen-bond acceptors (Lipinski definition) is 1. The smallest absolute Gasteiger partial charge is 0.123 e. The Morgan fingerprint density at radius 3 is 1.83 bits per heavy atom. The molecule has 0 N–H and O–H groups in total. The molecule has 0 aliphatic rings. The molecule has 0 atom stereocenters.